The Balaban J connectivity index is 2.96. The summed E-state index contributed by atoms with van der Waals surface area (Å²) < 4.78 is 43.9. The summed E-state index contributed by atoms with van der Waals surface area (Å²) in [5.74, 6) is 0.431. The van der Waals surface area contributed by atoms with Crippen molar-refractivity contribution < 1.29 is 17.9 Å². The van der Waals surface area contributed by atoms with E-state index < -0.39 is 17.5 Å². The molecule has 0 amide bonds. The largest absolute Gasteiger partial charge is 0.496 e. The van der Waals surface area contributed by atoms with Crippen LogP contribution < -0.4 is 10.5 Å². The Labute approximate surface area is 109 Å². The van der Waals surface area contributed by atoms with Gasteiger partial charge in [-0.15, -0.1) is 11.8 Å². The van der Waals surface area contributed by atoms with Crippen LogP contribution in [0.4, 0.5) is 13.2 Å². The first-order chi connectivity index (χ1) is 8.40. The van der Waals surface area contributed by atoms with Gasteiger partial charge in [0, 0.05) is 10.9 Å². The molecule has 0 fully saturated rings. The second-order valence-corrected chi connectivity index (χ2v) is 4.99. The van der Waals surface area contributed by atoms with E-state index in [1.807, 2.05) is 0 Å². The number of hydrogen-bond donors (Lipinski definition) is 1. The van der Waals surface area contributed by atoms with Crippen molar-refractivity contribution in [2.45, 2.75) is 35.7 Å². The fraction of sp³-hybridized carbons (Fsp3) is 0.500. The summed E-state index contributed by atoms with van der Waals surface area (Å²) in [4.78, 5) is 0.450. The summed E-state index contributed by atoms with van der Waals surface area (Å²) in [7, 11) is 1.43. The molecule has 1 aromatic rings. The van der Waals surface area contributed by atoms with Crippen LogP contribution in [0.15, 0.2) is 29.2 Å². The Morgan fingerprint density at radius 2 is 1.94 bits per heavy atom. The van der Waals surface area contributed by atoms with E-state index in [9.17, 15) is 13.2 Å². The predicted molar refractivity (Wildman–Crippen MR) is 67.0 cm³/mol. The maximum atomic E-state index is 12.9. The SMILES string of the molecule is CCC(N)C(Sc1ccccc1OC)C(F)(F)F. The molecule has 0 radical (unpaired) electrons. The van der Waals surface area contributed by atoms with Gasteiger partial charge in [0.05, 0.1) is 7.11 Å². The molecule has 102 valence electrons. The molecule has 0 aromatic heterocycles. The first-order valence-corrected chi connectivity index (χ1v) is 6.40. The van der Waals surface area contributed by atoms with Gasteiger partial charge in [-0.2, -0.15) is 13.2 Å². The molecule has 2 N–H and O–H groups in total. The Bertz CT molecular complexity index is 384. The fourth-order valence-corrected chi connectivity index (χ4v) is 2.66. The Hall–Kier alpha value is -0.880. The number of rotatable bonds is 5. The molecule has 1 rings (SSSR count). The van der Waals surface area contributed by atoms with Gasteiger partial charge in [0.2, 0.25) is 0 Å². The third-order valence-corrected chi connectivity index (χ3v) is 3.97. The highest BCUT2D eigenvalue weighted by atomic mass is 32.2. The Kier molecular flexibility index (Phi) is 5.34. The number of hydrogen-bond acceptors (Lipinski definition) is 3. The minimum atomic E-state index is -4.33. The zero-order valence-electron chi connectivity index (χ0n) is 10.2. The van der Waals surface area contributed by atoms with Crippen molar-refractivity contribution in [3.05, 3.63) is 24.3 Å². The van der Waals surface area contributed by atoms with Gasteiger partial charge in [-0.05, 0) is 18.6 Å². The highest BCUT2D eigenvalue weighted by Crippen LogP contribution is 2.40. The third kappa shape index (κ3) is 3.81. The summed E-state index contributed by atoms with van der Waals surface area (Å²) in [6, 6.07) is 5.69. The Morgan fingerprint density at radius 3 is 2.44 bits per heavy atom. The smallest absolute Gasteiger partial charge is 0.402 e. The minimum Gasteiger partial charge on any atom is -0.496 e. The molecule has 2 unspecified atom stereocenters. The van der Waals surface area contributed by atoms with Crippen LogP contribution in [-0.2, 0) is 0 Å². The molecule has 0 bridgehead atoms. The number of nitrogens with two attached hydrogens (primary N) is 1. The second kappa shape index (κ2) is 6.33. The van der Waals surface area contributed by atoms with Crippen molar-refractivity contribution in [1.29, 1.82) is 0 Å². The van der Waals surface area contributed by atoms with Crippen LogP contribution in [0, 0.1) is 0 Å². The van der Waals surface area contributed by atoms with Crippen LogP contribution in [0.2, 0.25) is 0 Å². The van der Waals surface area contributed by atoms with Gasteiger partial charge in [0.25, 0.3) is 0 Å². The molecule has 2 atom stereocenters. The summed E-state index contributed by atoms with van der Waals surface area (Å²) in [6.07, 6.45) is -4.06. The molecule has 0 aliphatic heterocycles. The van der Waals surface area contributed by atoms with Gasteiger partial charge in [0.15, 0.2) is 0 Å². The van der Waals surface area contributed by atoms with Crippen molar-refractivity contribution in [3.8, 4) is 5.75 Å². The van der Waals surface area contributed by atoms with E-state index in [1.54, 1.807) is 31.2 Å². The zero-order valence-corrected chi connectivity index (χ0v) is 11.0. The summed E-state index contributed by atoms with van der Waals surface area (Å²) in [5.41, 5.74) is 5.56. The lowest BCUT2D eigenvalue weighted by atomic mass is 10.1. The first-order valence-electron chi connectivity index (χ1n) is 5.52. The standard InChI is InChI=1S/C12H16F3NOS/c1-3-8(16)11(12(13,14)15)18-10-7-5-4-6-9(10)17-2/h4-8,11H,3,16H2,1-2H3. The molecule has 0 spiro atoms. The summed E-state index contributed by atoms with van der Waals surface area (Å²) in [6.45, 7) is 1.65. The van der Waals surface area contributed by atoms with Crippen molar-refractivity contribution >= 4 is 11.8 Å². The summed E-state index contributed by atoms with van der Waals surface area (Å²) >= 11 is 0.705. The van der Waals surface area contributed by atoms with E-state index in [-0.39, 0.29) is 6.42 Å². The van der Waals surface area contributed by atoms with Gasteiger partial charge in [-0.25, -0.2) is 0 Å². The third-order valence-electron chi connectivity index (χ3n) is 2.51. The minimum absolute atomic E-state index is 0.270. The van der Waals surface area contributed by atoms with Gasteiger partial charge in [-0.3, -0.25) is 0 Å². The van der Waals surface area contributed by atoms with Gasteiger partial charge < -0.3 is 10.5 Å². The van der Waals surface area contributed by atoms with Crippen LogP contribution >= 0.6 is 11.8 Å². The van der Waals surface area contributed by atoms with Crippen molar-refractivity contribution in [2.75, 3.05) is 7.11 Å². The predicted octanol–water partition coefficient (Wildman–Crippen LogP) is 3.46. The lowest BCUT2D eigenvalue weighted by molar-refractivity contribution is -0.132. The molecule has 6 heteroatoms. The first kappa shape index (κ1) is 15.2. The number of methoxy groups -OCH3 is 1. The second-order valence-electron chi connectivity index (χ2n) is 3.80. The molecule has 0 heterocycles. The molecule has 0 saturated carbocycles. The normalized spacial score (nSPS) is 15.2. The molecule has 0 aliphatic rings. The maximum absolute atomic E-state index is 12.9. The van der Waals surface area contributed by atoms with Gasteiger partial charge in [0.1, 0.15) is 11.0 Å². The number of para-hydroxylation sites is 1. The van der Waals surface area contributed by atoms with Crippen molar-refractivity contribution in [1.82, 2.24) is 0 Å². The molecule has 0 saturated heterocycles. The number of ether oxygens (including phenoxy) is 1. The lowest BCUT2D eigenvalue weighted by Gasteiger charge is -2.25. The van der Waals surface area contributed by atoms with Crippen molar-refractivity contribution in [2.24, 2.45) is 5.73 Å². The highest BCUT2D eigenvalue weighted by molar-refractivity contribution is 8.00. The fourth-order valence-electron chi connectivity index (χ4n) is 1.46. The summed E-state index contributed by atoms with van der Waals surface area (Å²) in [5, 5.41) is -1.63. The van der Waals surface area contributed by atoms with Crippen molar-refractivity contribution in [3.63, 3.8) is 0 Å². The molecule has 2 nitrogen and oxygen atoms in total. The Morgan fingerprint density at radius 1 is 1.33 bits per heavy atom. The van der Waals surface area contributed by atoms with Crippen LogP contribution in [-0.4, -0.2) is 24.6 Å². The van der Waals surface area contributed by atoms with Crippen LogP contribution in [0.5, 0.6) is 5.75 Å². The average Bonchev–Trinajstić information content (AvgIpc) is 2.34. The van der Waals surface area contributed by atoms with E-state index in [0.29, 0.717) is 22.4 Å². The number of alkyl halides is 3. The van der Waals surface area contributed by atoms with Gasteiger partial charge in [-0.1, -0.05) is 19.1 Å². The van der Waals surface area contributed by atoms with E-state index in [2.05, 4.69) is 0 Å². The van der Waals surface area contributed by atoms with E-state index in [0.717, 1.165) is 0 Å². The average molecular weight is 279 g/mol. The number of benzene rings is 1. The molecule has 18 heavy (non-hydrogen) atoms. The lowest BCUT2D eigenvalue weighted by Crippen LogP contribution is -2.42. The van der Waals surface area contributed by atoms with Crippen LogP contribution in [0.1, 0.15) is 13.3 Å². The molecule has 0 aliphatic carbocycles. The molecular formula is C12H16F3NOS. The van der Waals surface area contributed by atoms with Crippen LogP contribution in [0.25, 0.3) is 0 Å². The van der Waals surface area contributed by atoms with E-state index in [1.165, 1.54) is 7.11 Å². The number of thioether (sulfide) groups is 1. The zero-order chi connectivity index (χ0) is 13.8. The van der Waals surface area contributed by atoms with E-state index in [4.69, 9.17) is 10.5 Å². The topological polar surface area (TPSA) is 35.2 Å². The van der Waals surface area contributed by atoms with E-state index >= 15 is 0 Å². The monoisotopic (exact) mass is 279 g/mol. The van der Waals surface area contributed by atoms with Crippen LogP contribution in [0.3, 0.4) is 0 Å². The maximum Gasteiger partial charge on any atom is 0.402 e. The number of halogens is 3. The quantitative estimate of drug-likeness (QED) is 0.838. The van der Waals surface area contributed by atoms with Gasteiger partial charge >= 0.3 is 6.18 Å². The highest BCUT2D eigenvalue weighted by Gasteiger charge is 2.44. The molecular weight excluding hydrogens is 263 g/mol. The molecule has 1 aromatic carbocycles.